The molecule has 0 saturated heterocycles. The first kappa shape index (κ1) is 14.8. The zero-order valence-corrected chi connectivity index (χ0v) is 11.8. The summed E-state index contributed by atoms with van der Waals surface area (Å²) in [7, 11) is 0.557. The predicted octanol–water partition coefficient (Wildman–Crippen LogP) is 2.91. The van der Waals surface area contributed by atoms with Gasteiger partial charge in [-0.2, -0.15) is 8.42 Å². The Kier molecular flexibility index (Phi) is 4.24. The van der Waals surface area contributed by atoms with E-state index in [4.69, 9.17) is 10.7 Å². The average Bonchev–Trinajstić information content (AvgIpc) is 2.13. The van der Waals surface area contributed by atoms with Gasteiger partial charge in [0.05, 0.1) is 10.7 Å². The highest BCUT2D eigenvalue weighted by Crippen LogP contribution is 2.25. The van der Waals surface area contributed by atoms with Crippen molar-refractivity contribution in [1.29, 1.82) is 0 Å². The quantitative estimate of drug-likeness (QED) is 0.786. The van der Waals surface area contributed by atoms with Crippen LogP contribution in [0.5, 0.6) is 0 Å². The van der Waals surface area contributed by atoms with Crippen molar-refractivity contribution in [3.05, 3.63) is 30.3 Å². The Morgan fingerprint density at radius 3 is 2.11 bits per heavy atom. The largest absolute Gasteiger partial charge is 0.431 e. The summed E-state index contributed by atoms with van der Waals surface area (Å²) in [6, 6.07) is 8.60. The summed E-state index contributed by atoms with van der Waals surface area (Å²) in [5, 5.41) is 0. The highest BCUT2D eigenvalue weighted by Gasteiger charge is 2.31. The van der Waals surface area contributed by atoms with Crippen molar-refractivity contribution in [3.63, 3.8) is 0 Å². The van der Waals surface area contributed by atoms with Crippen LogP contribution in [0.4, 0.5) is 10.5 Å². The van der Waals surface area contributed by atoms with E-state index in [2.05, 4.69) is 4.18 Å². The maximum absolute atomic E-state index is 11.8. The Bertz CT molecular complexity index is 522. The van der Waals surface area contributed by atoms with Crippen molar-refractivity contribution in [2.75, 3.05) is 4.90 Å². The highest BCUT2D eigenvalue weighted by molar-refractivity contribution is 8.10. The van der Waals surface area contributed by atoms with Gasteiger partial charge in [0.25, 0.3) is 0 Å². The summed E-state index contributed by atoms with van der Waals surface area (Å²) in [6.07, 6.45) is -1.04. The second kappa shape index (κ2) is 5.16. The average molecular weight is 292 g/mol. The standard InChI is InChI=1S/C11H14ClNO4S/c1-11(2,3)13(9-7-5-4-6-8-9)10(14)17-18(12,15)16/h4-8H,1-3H3. The highest BCUT2D eigenvalue weighted by atomic mass is 35.7. The van der Waals surface area contributed by atoms with Crippen molar-refractivity contribution in [2.45, 2.75) is 26.3 Å². The molecule has 1 aromatic rings. The van der Waals surface area contributed by atoms with Crippen LogP contribution in [0, 0.1) is 0 Å². The Hall–Kier alpha value is -1.27. The molecule has 0 N–H and O–H groups in total. The van der Waals surface area contributed by atoms with Gasteiger partial charge in [-0.15, -0.1) is 0 Å². The van der Waals surface area contributed by atoms with E-state index < -0.39 is 21.0 Å². The molecule has 1 aromatic carbocycles. The first-order valence-corrected chi connectivity index (χ1v) is 7.38. The van der Waals surface area contributed by atoms with Crippen LogP contribution in [0.15, 0.2) is 30.3 Å². The summed E-state index contributed by atoms with van der Waals surface area (Å²) >= 11 is 0. The number of rotatable bonds is 2. The van der Waals surface area contributed by atoms with Crippen LogP contribution >= 0.6 is 10.7 Å². The van der Waals surface area contributed by atoms with Gasteiger partial charge in [-0.1, -0.05) is 18.2 Å². The molecule has 1 amide bonds. The van der Waals surface area contributed by atoms with Crippen molar-refractivity contribution >= 4 is 31.8 Å². The summed E-state index contributed by atoms with van der Waals surface area (Å²) in [5.41, 5.74) is -0.129. The molecular weight excluding hydrogens is 278 g/mol. The lowest BCUT2D eigenvalue weighted by atomic mass is 10.1. The molecule has 0 aliphatic heterocycles. The molecule has 0 heterocycles. The molecule has 100 valence electrons. The van der Waals surface area contributed by atoms with Gasteiger partial charge in [0, 0.05) is 11.2 Å². The molecule has 0 aliphatic rings. The molecule has 0 aliphatic carbocycles. The maximum Gasteiger partial charge on any atom is 0.431 e. The number of para-hydroxylation sites is 1. The van der Waals surface area contributed by atoms with E-state index in [-0.39, 0.29) is 0 Å². The monoisotopic (exact) mass is 291 g/mol. The van der Waals surface area contributed by atoms with E-state index in [1.165, 1.54) is 4.90 Å². The summed E-state index contributed by atoms with van der Waals surface area (Å²) in [5.74, 6) is 0. The molecule has 0 spiro atoms. The van der Waals surface area contributed by atoms with Crippen LogP contribution in [0.25, 0.3) is 0 Å². The van der Waals surface area contributed by atoms with Gasteiger partial charge in [0.1, 0.15) is 0 Å². The van der Waals surface area contributed by atoms with Crippen molar-refractivity contribution < 1.29 is 17.4 Å². The van der Waals surface area contributed by atoms with Crippen LogP contribution in [0.3, 0.4) is 0 Å². The zero-order valence-electron chi connectivity index (χ0n) is 10.3. The third-order valence-corrected chi connectivity index (χ3v) is 2.57. The number of hydrogen-bond donors (Lipinski definition) is 0. The second-order valence-electron chi connectivity index (χ2n) is 4.58. The Balaban J connectivity index is 3.13. The van der Waals surface area contributed by atoms with Gasteiger partial charge >= 0.3 is 15.4 Å². The normalized spacial score (nSPS) is 12.0. The number of amides is 1. The molecule has 18 heavy (non-hydrogen) atoms. The van der Waals surface area contributed by atoms with Crippen molar-refractivity contribution in [3.8, 4) is 0 Å². The SMILES string of the molecule is CC(C)(C)N(C(=O)OS(=O)(=O)Cl)c1ccccc1. The second-order valence-corrected chi connectivity index (χ2v) is 6.67. The predicted molar refractivity (Wildman–Crippen MR) is 69.9 cm³/mol. The number of benzene rings is 1. The molecule has 0 radical (unpaired) electrons. The topological polar surface area (TPSA) is 63.7 Å². The molecule has 1 rings (SSSR count). The molecule has 0 aromatic heterocycles. The Morgan fingerprint density at radius 1 is 1.22 bits per heavy atom. The van der Waals surface area contributed by atoms with E-state index in [0.717, 1.165) is 0 Å². The molecule has 0 bridgehead atoms. The lowest BCUT2D eigenvalue weighted by Crippen LogP contribution is -2.46. The van der Waals surface area contributed by atoms with E-state index in [0.29, 0.717) is 5.69 Å². The van der Waals surface area contributed by atoms with Gasteiger partial charge in [-0.3, -0.25) is 4.90 Å². The molecule has 0 fully saturated rings. The molecule has 0 unspecified atom stereocenters. The first-order chi connectivity index (χ1) is 8.11. The Morgan fingerprint density at radius 2 is 1.72 bits per heavy atom. The van der Waals surface area contributed by atoms with Crippen LogP contribution in [0.2, 0.25) is 0 Å². The van der Waals surface area contributed by atoms with Crippen LogP contribution < -0.4 is 4.90 Å². The number of carbonyl (C=O) groups excluding carboxylic acids is 1. The summed E-state index contributed by atoms with van der Waals surface area (Å²) in [6.45, 7) is 5.26. The van der Waals surface area contributed by atoms with E-state index in [1.54, 1.807) is 51.1 Å². The fourth-order valence-corrected chi connectivity index (χ4v) is 1.87. The minimum absolute atomic E-state index is 0.523. The molecular formula is C11H14ClNO4S. The number of anilines is 1. The summed E-state index contributed by atoms with van der Waals surface area (Å²) in [4.78, 5) is 13.1. The number of hydrogen-bond acceptors (Lipinski definition) is 4. The van der Waals surface area contributed by atoms with Crippen molar-refractivity contribution in [1.82, 2.24) is 0 Å². The van der Waals surface area contributed by atoms with Crippen LogP contribution in [-0.2, 0) is 13.5 Å². The van der Waals surface area contributed by atoms with Crippen LogP contribution in [0.1, 0.15) is 20.8 Å². The molecule has 0 saturated carbocycles. The van der Waals surface area contributed by atoms with E-state index in [9.17, 15) is 13.2 Å². The third-order valence-electron chi connectivity index (χ3n) is 2.04. The summed E-state index contributed by atoms with van der Waals surface area (Å²) < 4.78 is 25.8. The van der Waals surface area contributed by atoms with Gasteiger partial charge < -0.3 is 4.18 Å². The van der Waals surface area contributed by atoms with Gasteiger partial charge in [-0.05, 0) is 32.9 Å². The van der Waals surface area contributed by atoms with E-state index in [1.807, 2.05) is 0 Å². The number of carbonyl (C=O) groups is 1. The first-order valence-electron chi connectivity index (χ1n) is 5.14. The van der Waals surface area contributed by atoms with Gasteiger partial charge in [0.15, 0.2) is 0 Å². The Labute approximate surface area is 111 Å². The molecule has 5 nitrogen and oxygen atoms in total. The number of nitrogens with zero attached hydrogens (tertiary/aromatic N) is 1. The zero-order chi connectivity index (χ0) is 14.0. The lowest BCUT2D eigenvalue weighted by molar-refractivity contribution is 0.205. The number of halogens is 1. The van der Waals surface area contributed by atoms with Crippen molar-refractivity contribution in [2.24, 2.45) is 0 Å². The van der Waals surface area contributed by atoms with Gasteiger partial charge in [-0.25, -0.2) is 4.79 Å². The smallest absolute Gasteiger partial charge is 0.316 e. The maximum atomic E-state index is 11.8. The minimum Gasteiger partial charge on any atom is -0.316 e. The fraction of sp³-hybridized carbons (Fsp3) is 0.364. The third kappa shape index (κ3) is 4.19. The minimum atomic E-state index is -4.36. The lowest BCUT2D eigenvalue weighted by Gasteiger charge is -2.33. The molecule has 0 atom stereocenters. The van der Waals surface area contributed by atoms with Gasteiger partial charge in [0.2, 0.25) is 0 Å². The van der Waals surface area contributed by atoms with E-state index >= 15 is 0 Å². The fourth-order valence-electron chi connectivity index (χ4n) is 1.47. The van der Waals surface area contributed by atoms with Crippen LogP contribution in [-0.4, -0.2) is 20.0 Å². The molecule has 7 heteroatoms.